The van der Waals surface area contributed by atoms with E-state index in [1.54, 1.807) is 31.4 Å². The highest BCUT2D eigenvalue weighted by Crippen LogP contribution is 2.25. The van der Waals surface area contributed by atoms with E-state index in [-0.39, 0.29) is 29.2 Å². The van der Waals surface area contributed by atoms with Gasteiger partial charge in [0.2, 0.25) is 21.8 Å². The summed E-state index contributed by atoms with van der Waals surface area (Å²) >= 11 is 5.89. The smallest absolute Gasteiger partial charge is 0.244 e. The molecule has 2 aromatic rings. The highest BCUT2D eigenvalue weighted by Gasteiger charge is 2.33. The molecule has 38 heavy (non-hydrogen) atoms. The topological polar surface area (TPSA) is 96.0 Å². The van der Waals surface area contributed by atoms with E-state index in [9.17, 15) is 22.4 Å². The summed E-state index contributed by atoms with van der Waals surface area (Å²) in [6.07, 6.45) is 6.30. The lowest BCUT2D eigenvalue weighted by Gasteiger charge is -2.34. The third-order valence-electron chi connectivity index (χ3n) is 6.72. The predicted molar refractivity (Wildman–Crippen MR) is 146 cm³/mol. The zero-order valence-electron chi connectivity index (χ0n) is 22.0. The van der Waals surface area contributed by atoms with Crippen molar-refractivity contribution in [2.45, 2.75) is 64.1 Å². The highest BCUT2D eigenvalue weighted by molar-refractivity contribution is 7.92. The van der Waals surface area contributed by atoms with E-state index in [0.29, 0.717) is 12.2 Å². The number of anilines is 1. The summed E-state index contributed by atoms with van der Waals surface area (Å²) in [5, 5.41) is 2.83. The van der Waals surface area contributed by atoms with Crippen LogP contribution < -0.4 is 14.4 Å². The Morgan fingerprint density at radius 3 is 2.34 bits per heavy atom. The van der Waals surface area contributed by atoms with Gasteiger partial charge < -0.3 is 15.0 Å². The third-order valence-corrected chi connectivity index (χ3v) is 8.15. The minimum Gasteiger partial charge on any atom is -0.497 e. The normalized spacial score (nSPS) is 15.0. The lowest BCUT2D eigenvalue weighted by molar-refractivity contribution is -0.140. The van der Waals surface area contributed by atoms with Gasteiger partial charge in [-0.15, -0.1) is 0 Å². The van der Waals surface area contributed by atoms with Crippen molar-refractivity contribution >= 4 is 39.1 Å². The van der Waals surface area contributed by atoms with Crippen molar-refractivity contribution in [3.05, 3.63) is 58.9 Å². The largest absolute Gasteiger partial charge is 0.497 e. The molecular weight excluding hydrogens is 533 g/mol. The molecule has 0 spiro atoms. The molecule has 1 fully saturated rings. The SMILES string of the molecule is CC[C@@H](C(=O)NC1CCCCC1)N(Cc1ccc(OC)cc1)C(=O)CN(c1ccc(F)c(Cl)c1)S(C)(=O)=O. The van der Waals surface area contributed by atoms with E-state index in [2.05, 4.69) is 5.32 Å². The number of sulfonamides is 1. The highest BCUT2D eigenvalue weighted by atomic mass is 35.5. The number of nitrogens with zero attached hydrogens (tertiary/aromatic N) is 2. The Hall–Kier alpha value is -2.85. The molecule has 0 aliphatic heterocycles. The molecule has 0 radical (unpaired) electrons. The monoisotopic (exact) mass is 567 g/mol. The Labute approximate surface area is 229 Å². The van der Waals surface area contributed by atoms with Gasteiger partial charge >= 0.3 is 0 Å². The molecular formula is C27H35ClFN3O5S. The van der Waals surface area contributed by atoms with Crippen LogP contribution in [0.2, 0.25) is 5.02 Å². The van der Waals surface area contributed by atoms with E-state index in [1.807, 2.05) is 6.92 Å². The summed E-state index contributed by atoms with van der Waals surface area (Å²) in [6.45, 7) is 1.32. The van der Waals surface area contributed by atoms with Crippen LogP contribution in [0.3, 0.4) is 0 Å². The molecule has 1 N–H and O–H groups in total. The first-order valence-electron chi connectivity index (χ1n) is 12.7. The number of amides is 2. The second kappa shape index (κ2) is 13.3. The maximum absolute atomic E-state index is 13.8. The van der Waals surface area contributed by atoms with Gasteiger partial charge in [-0.3, -0.25) is 13.9 Å². The fourth-order valence-corrected chi connectivity index (χ4v) is 5.66. The van der Waals surface area contributed by atoms with Gasteiger partial charge in [0.15, 0.2) is 0 Å². The van der Waals surface area contributed by atoms with Crippen LogP contribution in [0.5, 0.6) is 5.75 Å². The predicted octanol–water partition coefficient (Wildman–Crippen LogP) is 4.51. The number of halogens is 2. The van der Waals surface area contributed by atoms with Gasteiger partial charge in [-0.1, -0.05) is 49.9 Å². The number of hydrogen-bond donors (Lipinski definition) is 1. The number of carbonyl (C=O) groups is 2. The summed E-state index contributed by atoms with van der Waals surface area (Å²) in [5.41, 5.74) is 0.801. The molecule has 1 aliphatic carbocycles. The molecule has 0 heterocycles. The Morgan fingerprint density at radius 1 is 1.13 bits per heavy atom. The molecule has 11 heteroatoms. The first kappa shape index (κ1) is 29.7. The molecule has 8 nitrogen and oxygen atoms in total. The molecule has 0 unspecified atom stereocenters. The van der Waals surface area contributed by atoms with Crippen LogP contribution >= 0.6 is 11.6 Å². The van der Waals surface area contributed by atoms with E-state index in [0.717, 1.165) is 60.4 Å². The van der Waals surface area contributed by atoms with Gasteiger partial charge in [0.1, 0.15) is 24.2 Å². The van der Waals surface area contributed by atoms with Crippen LogP contribution in [0.1, 0.15) is 51.0 Å². The lowest BCUT2D eigenvalue weighted by Crippen LogP contribution is -2.53. The fourth-order valence-electron chi connectivity index (χ4n) is 4.65. The van der Waals surface area contributed by atoms with Crippen LogP contribution in [-0.2, 0) is 26.2 Å². The van der Waals surface area contributed by atoms with E-state index < -0.39 is 34.3 Å². The zero-order valence-corrected chi connectivity index (χ0v) is 23.5. The standard InChI is InChI=1S/C27H35ClFN3O5S/c1-4-25(27(34)30-20-8-6-5-7-9-20)31(17-19-10-13-22(37-2)14-11-19)26(33)18-32(38(3,35)36)21-12-15-24(29)23(28)16-21/h10-16,20,25H,4-9,17-18H2,1-3H3,(H,30,34)/t25-/m0/s1. The number of nitrogens with one attached hydrogen (secondary N) is 1. The Morgan fingerprint density at radius 2 is 1.79 bits per heavy atom. The number of carbonyl (C=O) groups excluding carboxylic acids is 2. The summed E-state index contributed by atoms with van der Waals surface area (Å²) in [5.74, 6) is -0.902. The van der Waals surface area contributed by atoms with Crippen LogP contribution in [0.4, 0.5) is 10.1 Å². The Kier molecular flexibility index (Phi) is 10.4. The molecule has 1 aliphatic rings. The van der Waals surface area contributed by atoms with Gasteiger partial charge in [0, 0.05) is 12.6 Å². The molecule has 208 valence electrons. The van der Waals surface area contributed by atoms with Crippen molar-refractivity contribution in [3.63, 3.8) is 0 Å². The van der Waals surface area contributed by atoms with Gasteiger partial charge in [0.25, 0.3) is 0 Å². The van der Waals surface area contributed by atoms with Gasteiger partial charge in [-0.2, -0.15) is 0 Å². The molecule has 2 aromatic carbocycles. The fraction of sp³-hybridized carbons (Fsp3) is 0.481. The van der Waals surface area contributed by atoms with Crippen molar-refractivity contribution in [2.24, 2.45) is 0 Å². The first-order valence-corrected chi connectivity index (χ1v) is 14.9. The van der Waals surface area contributed by atoms with Crippen molar-refractivity contribution in [1.82, 2.24) is 10.2 Å². The summed E-state index contributed by atoms with van der Waals surface area (Å²) in [6, 6.07) is 9.78. The van der Waals surface area contributed by atoms with Crippen LogP contribution in [-0.4, -0.2) is 57.1 Å². The molecule has 2 amide bonds. The van der Waals surface area contributed by atoms with Gasteiger partial charge in [-0.05, 0) is 55.2 Å². The molecule has 3 rings (SSSR count). The molecule has 1 atom stereocenters. The Balaban J connectivity index is 1.92. The van der Waals surface area contributed by atoms with E-state index in [1.165, 1.54) is 11.0 Å². The summed E-state index contributed by atoms with van der Waals surface area (Å²) in [7, 11) is -2.40. The second-order valence-electron chi connectivity index (χ2n) is 9.51. The first-order chi connectivity index (χ1) is 18.0. The maximum Gasteiger partial charge on any atom is 0.244 e. The van der Waals surface area contributed by atoms with Crippen molar-refractivity contribution in [1.29, 1.82) is 0 Å². The van der Waals surface area contributed by atoms with E-state index >= 15 is 0 Å². The van der Waals surface area contributed by atoms with Gasteiger partial charge in [-0.25, -0.2) is 12.8 Å². The quantitative estimate of drug-likeness (QED) is 0.431. The van der Waals surface area contributed by atoms with Crippen LogP contribution in [0.25, 0.3) is 0 Å². The van der Waals surface area contributed by atoms with Crippen LogP contribution in [0, 0.1) is 5.82 Å². The molecule has 1 saturated carbocycles. The number of benzene rings is 2. The van der Waals surface area contributed by atoms with Crippen LogP contribution in [0.15, 0.2) is 42.5 Å². The van der Waals surface area contributed by atoms with Crippen molar-refractivity contribution in [3.8, 4) is 5.75 Å². The number of hydrogen-bond acceptors (Lipinski definition) is 5. The average molecular weight is 568 g/mol. The Bertz CT molecular complexity index is 1220. The average Bonchev–Trinajstić information content (AvgIpc) is 2.89. The number of methoxy groups -OCH3 is 1. The molecule has 0 saturated heterocycles. The van der Waals surface area contributed by atoms with E-state index in [4.69, 9.17) is 16.3 Å². The summed E-state index contributed by atoms with van der Waals surface area (Å²) in [4.78, 5) is 28.6. The van der Waals surface area contributed by atoms with Crippen molar-refractivity contribution in [2.75, 3.05) is 24.2 Å². The third kappa shape index (κ3) is 7.83. The summed E-state index contributed by atoms with van der Waals surface area (Å²) < 4.78 is 45.2. The molecule has 0 bridgehead atoms. The molecule has 0 aromatic heterocycles. The minimum absolute atomic E-state index is 0.0522. The second-order valence-corrected chi connectivity index (χ2v) is 11.8. The van der Waals surface area contributed by atoms with Gasteiger partial charge in [0.05, 0.1) is 24.1 Å². The van der Waals surface area contributed by atoms with Crippen molar-refractivity contribution < 1.29 is 27.1 Å². The maximum atomic E-state index is 13.8. The zero-order chi connectivity index (χ0) is 27.9. The number of ether oxygens (including phenoxy) is 1. The lowest BCUT2D eigenvalue weighted by atomic mass is 9.95. The minimum atomic E-state index is -3.95. The number of rotatable bonds is 11.